The third-order valence-corrected chi connectivity index (χ3v) is 3.05. The highest BCUT2D eigenvalue weighted by Gasteiger charge is 2.10. The van der Waals surface area contributed by atoms with Gasteiger partial charge in [0.15, 0.2) is 16.7 Å². The molecular formula is C14H13FN4OS. The van der Waals surface area contributed by atoms with Crippen molar-refractivity contribution in [3.63, 3.8) is 0 Å². The van der Waals surface area contributed by atoms with E-state index in [-0.39, 0.29) is 17.2 Å². The van der Waals surface area contributed by atoms with Crippen LogP contribution in [0.25, 0.3) is 0 Å². The molecule has 0 spiro atoms. The largest absolute Gasteiger partial charge is 0.436 e. The van der Waals surface area contributed by atoms with E-state index >= 15 is 0 Å². The standard InChI is InChI=1S/C14H13FN4OS/c1-3-17-12-7-13(19-14(18-12)21-2)20-11-5-4-9(8-16)6-10(11)15/h4-7H,3H2,1-2H3,(H,17,18,19). The fourth-order valence-corrected chi connectivity index (χ4v) is 1.96. The summed E-state index contributed by atoms with van der Waals surface area (Å²) in [6.07, 6.45) is 1.84. The zero-order valence-electron chi connectivity index (χ0n) is 11.6. The van der Waals surface area contributed by atoms with E-state index in [0.29, 0.717) is 17.5 Å². The van der Waals surface area contributed by atoms with Crippen LogP contribution >= 0.6 is 11.8 Å². The zero-order chi connectivity index (χ0) is 15.2. The number of nitrogens with one attached hydrogen (secondary N) is 1. The molecule has 0 radical (unpaired) electrons. The highest BCUT2D eigenvalue weighted by atomic mass is 32.2. The van der Waals surface area contributed by atoms with Crippen LogP contribution in [0.1, 0.15) is 12.5 Å². The Labute approximate surface area is 126 Å². The van der Waals surface area contributed by atoms with Gasteiger partial charge in [0.1, 0.15) is 5.82 Å². The molecule has 1 aromatic carbocycles. The SMILES string of the molecule is CCNc1cc(Oc2ccc(C#N)cc2F)nc(SC)n1. The second-order valence-corrected chi connectivity index (χ2v) is 4.74. The van der Waals surface area contributed by atoms with E-state index in [1.807, 2.05) is 19.2 Å². The van der Waals surface area contributed by atoms with Crippen molar-refractivity contribution >= 4 is 17.6 Å². The minimum absolute atomic E-state index is 0.0159. The minimum Gasteiger partial charge on any atom is -0.436 e. The predicted molar refractivity (Wildman–Crippen MR) is 79.2 cm³/mol. The number of hydrogen-bond acceptors (Lipinski definition) is 6. The Morgan fingerprint density at radius 2 is 2.19 bits per heavy atom. The van der Waals surface area contributed by atoms with Crippen LogP contribution in [-0.2, 0) is 0 Å². The molecule has 0 bridgehead atoms. The topological polar surface area (TPSA) is 70.8 Å². The van der Waals surface area contributed by atoms with Gasteiger partial charge in [-0.3, -0.25) is 0 Å². The van der Waals surface area contributed by atoms with Gasteiger partial charge in [0, 0.05) is 12.6 Å². The number of halogens is 1. The molecule has 0 atom stereocenters. The lowest BCUT2D eigenvalue weighted by molar-refractivity contribution is 0.422. The Bertz CT molecular complexity index is 687. The van der Waals surface area contributed by atoms with Gasteiger partial charge in [-0.05, 0) is 31.4 Å². The number of ether oxygens (including phenoxy) is 1. The lowest BCUT2D eigenvalue weighted by Crippen LogP contribution is -2.02. The van der Waals surface area contributed by atoms with Crippen molar-refractivity contribution in [1.29, 1.82) is 5.26 Å². The fraction of sp³-hybridized carbons (Fsp3) is 0.214. The first-order chi connectivity index (χ1) is 10.2. The molecule has 0 amide bonds. The molecule has 2 rings (SSSR count). The average Bonchev–Trinajstić information content (AvgIpc) is 2.49. The van der Waals surface area contributed by atoms with Gasteiger partial charge in [0.25, 0.3) is 0 Å². The number of nitrogens with zero attached hydrogens (tertiary/aromatic N) is 3. The molecule has 5 nitrogen and oxygen atoms in total. The molecule has 0 saturated carbocycles. The number of benzene rings is 1. The summed E-state index contributed by atoms with van der Waals surface area (Å²) in [7, 11) is 0. The van der Waals surface area contributed by atoms with Crippen LogP contribution in [0.4, 0.5) is 10.2 Å². The summed E-state index contributed by atoms with van der Waals surface area (Å²) in [6.45, 7) is 2.65. The number of thioether (sulfide) groups is 1. The van der Waals surface area contributed by atoms with Gasteiger partial charge in [-0.2, -0.15) is 10.2 Å². The highest BCUT2D eigenvalue weighted by molar-refractivity contribution is 7.98. The molecular weight excluding hydrogens is 291 g/mol. The molecule has 0 saturated heterocycles. The maximum absolute atomic E-state index is 13.8. The van der Waals surface area contributed by atoms with Crippen molar-refractivity contribution in [1.82, 2.24) is 9.97 Å². The van der Waals surface area contributed by atoms with Gasteiger partial charge in [0.2, 0.25) is 5.88 Å². The van der Waals surface area contributed by atoms with Crippen molar-refractivity contribution in [2.75, 3.05) is 18.1 Å². The van der Waals surface area contributed by atoms with Crippen LogP contribution in [0.3, 0.4) is 0 Å². The van der Waals surface area contributed by atoms with E-state index in [9.17, 15) is 4.39 Å². The van der Waals surface area contributed by atoms with Gasteiger partial charge in [-0.25, -0.2) is 9.37 Å². The predicted octanol–water partition coefficient (Wildman–Crippen LogP) is 3.43. The van der Waals surface area contributed by atoms with Crippen LogP contribution in [0.5, 0.6) is 11.6 Å². The van der Waals surface area contributed by atoms with E-state index in [1.54, 1.807) is 6.07 Å². The van der Waals surface area contributed by atoms with E-state index in [2.05, 4.69) is 15.3 Å². The third-order valence-electron chi connectivity index (χ3n) is 2.50. The first kappa shape index (κ1) is 15.1. The van der Waals surface area contributed by atoms with Gasteiger partial charge in [0.05, 0.1) is 11.6 Å². The molecule has 1 N–H and O–H groups in total. The summed E-state index contributed by atoms with van der Waals surface area (Å²) < 4.78 is 19.3. The molecule has 2 aromatic rings. The van der Waals surface area contributed by atoms with Gasteiger partial charge < -0.3 is 10.1 Å². The first-order valence-corrected chi connectivity index (χ1v) is 7.43. The van der Waals surface area contributed by atoms with Crippen molar-refractivity contribution in [3.8, 4) is 17.7 Å². The molecule has 7 heteroatoms. The molecule has 0 aliphatic heterocycles. The van der Waals surface area contributed by atoms with E-state index in [1.165, 1.54) is 23.9 Å². The number of rotatable bonds is 5. The molecule has 0 unspecified atom stereocenters. The smallest absolute Gasteiger partial charge is 0.225 e. The van der Waals surface area contributed by atoms with Crippen LogP contribution in [0, 0.1) is 17.1 Å². The van der Waals surface area contributed by atoms with Crippen molar-refractivity contribution in [2.24, 2.45) is 0 Å². The number of nitriles is 1. The number of anilines is 1. The lowest BCUT2D eigenvalue weighted by atomic mass is 10.2. The summed E-state index contributed by atoms with van der Waals surface area (Å²) in [6, 6.07) is 7.48. The van der Waals surface area contributed by atoms with Crippen molar-refractivity contribution in [2.45, 2.75) is 12.1 Å². The number of hydrogen-bond donors (Lipinski definition) is 1. The normalized spacial score (nSPS) is 10.0. The lowest BCUT2D eigenvalue weighted by Gasteiger charge is -2.09. The van der Waals surface area contributed by atoms with Gasteiger partial charge >= 0.3 is 0 Å². The molecule has 0 aliphatic carbocycles. The average molecular weight is 304 g/mol. The summed E-state index contributed by atoms with van der Waals surface area (Å²) in [5.74, 6) is 0.264. The summed E-state index contributed by atoms with van der Waals surface area (Å²) in [4.78, 5) is 8.43. The molecule has 0 aliphatic rings. The second kappa shape index (κ2) is 6.90. The molecule has 108 valence electrons. The van der Waals surface area contributed by atoms with Crippen LogP contribution in [0.2, 0.25) is 0 Å². The van der Waals surface area contributed by atoms with Crippen LogP contribution in [0.15, 0.2) is 29.4 Å². The molecule has 1 aromatic heterocycles. The number of aromatic nitrogens is 2. The Balaban J connectivity index is 2.30. The maximum atomic E-state index is 13.8. The summed E-state index contributed by atoms with van der Waals surface area (Å²) in [5.41, 5.74) is 0.237. The first-order valence-electron chi connectivity index (χ1n) is 6.20. The molecule has 21 heavy (non-hydrogen) atoms. The Hall–Kier alpha value is -2.33. The maximum Gasteiger partial charge on any atom is 0.225 e. The van der Waals surface area contributed by atoms with E-state index in [0.717, 1.165) is 6.07 Å². The summed E-state index contributed by atoms with van der Waals surface area (Å²) >= 11 is 1.36. The van der Waals surface area contributed by atoms with Crippen LogP contribution in [-0.4, -0.2) is 22.8 Å². The van der Waals surface area contributed by atoms with E-state index in [4.69, 9.17) is 10.00 Å². The Morgan fingerprint density at radius 1 is 1.38 bits per heavy atom. The monoisotopic (exact) mass is 304 g/mol. The quantitative estimate of drug-likeness (QED) is 0.674. The summed E-state index contributed by atoms with van der Waals surface area (Å²) in [5, 5.41) is 12.3. The Kier molecular flexibility index (Phi) is 4.95. The highest BCUT2D eigenvalue weighted by Crippen LogP contribution is 2.26. The van der Waals surface area contributed by atoms with Crippen molar-refractivity contribution < 1.29 is 9.13 Å². The van der Waals surface area contributed by atoms with Gasteiger partial charge in [-0.15, -0.1) is 0 Å². The molecule has 1 heterocycles. The van der Waals surface area contributed by atoms with E-state index < -0.39 is 5.82 Å². The fourth-order valence-electron chi connectivity index (χ4n) is 1.58. The van der Waals surface area contributed by atoms with Gasteiger partial charge in [-0.1, -0.05) is 11.8 Å². The second-order valence-electron chi connectivity index (χ2n) is 3.97. The minimum atomic E-state index is -0.608. The molecule has 0 fully saturated rings. The zero-order valence-corrected chi connectivity index (χ0v) is 12.4. The van der Waals surface area contributed by atoms with Crippen molar-refractivity contribution in [3.05, 3.63) is 35.6 Å². The van der Waals surface area contributed by atoms with Crippen LogP contribution < -0.4 is 10.1 Å². The third kappa shape index (κ3) is 3.83. The Morgan fingerprint density at radius 3 is 2.81 bits per heavy atom.